The fourth-order valence-corrected chi connectivity index (χ4v) is 2.86. The summed E-state index contributed by atoms with van der Waals surface area (Å²) in [7, 11) is 0. The summed E-state index contributed by atoms with van der Waals surface area (Å²) < 4.78 is 0. The summed E-state index contributed by atoms with van der Waals surface area (Å²) in [5, 5.41) is 11.5. The molecule has 2 atom stereocenters. The van der Waals surface area contributed by atoms with Gasteiger partial charge < -0.3 is 5.11 Å². The van der Waals surface area contributed by atoms with Crippen molar-refractivity contribution in [2.75, 3.05) is 0 Å². The lowest BCUT2D eigenvalue weighted by Crippen LogP contribution is -2.16. The Morgan fingerprint density at radius 1 is 1.00 bits per heavy atom. The van der Waals surface area contributed by atoms with Crippen LogP contribution in [0.1, 0.15) is 24.3 Å². The molecular formula is C17H17ClO2. The minimum absolute atomic E-state index is 0. The van der Waals surface area contributed by atoms with Crippen LogP contribution >= 0.6 is 12.4 Å². The number of rotatable bonds is 2. The molecule has 0 amide bonds. The Balaban J connectivity index is 0.00000147. The van der Waals surface area contributed by atoms with Gasteiger partial charge in [-0.1, -0.05) is 54.6 Å². The summed E-state index contributed by atoms with van der Waals surface area (Å²) in [5.41, 5.74) is 1.30. The maximum Gasteiger partial charge on any atom is 0.310 e. The molecule has 3 rings (SSSR count). The first-order chi connectivity index (χ1) is 9.25. The van der Waals surface area contributed by atoms with Crippen LogP contribution in [-0.4, -0.2) is 11.1 Å². The number of fused-ring (bicyclic) bond motifs is 1. The lowest BCUT2D eigenvalue weighted by atomic mass is 9.83. The van der Waals surface area contributed by atoms with Gasteiger partial charge in [0, 0.05) is 5.92 Å². The van der Waals surface area contributed by atoms with Gasteiger partial charge in [0.05, 0.1) is 5.92 Å². The third kappa shape index (κ3) is 2.70. The molecular weight excluding hydrogens is 272 g/mol. The number of carboxylic acid groups (broad SMARTS) is 1. The highest BCUT2D eigenvalue weighted by molar-refractivity contribution is 5.86. The van der Waals surface area contributed by atoms with Crippen LogP contribution in [0.2, 0.25) is 0 Å². The van der Waals surface area contributed by atoms with E-state index in [0.29, 0.717) is 5.92 Å². The van der Waals surface area contributed by atoms with Crippen LogP contribution in [0, 0.1) is 5.92 Å². The zero-order chi connectivity index (χ0) is 13.2. The van der Waals surface area contributed by atoms with Crippen LogP contribution in [0.3, 0.4) is 0 Å². The highest BCUT2D eigenvalue weighted by atomic mass is 35.5. The van der Waals surface area contributed by atoms with Gasteiger partial charge in [-0.25, -0.2) is 0 Å². The van der Waals surface area contributed by atoms with Crippen molar-refractivity contribution >= 4 is 29.1 Å². The molecule has 3 heteroatoms. The van der Waals surface area contributed by atoms with Crippen molar-refractivity contribution in [3.8, 4) is 0 Å². The Morgan fingerprint density at radius 3 is 2.45 bits per heavy atom. The van der Waals surface area contributed by atoms with E-state index in [1.807, 2.05) is 12.1 Å². The molecule has 0 saturated heterocycles. The minimum Gasteiger partial charge on any atom is -0.481 e. The van der Waals surface area contributed by atoms with E-state index in [4.69, 9.17) is 5.11 Å². The largest absolute Gasteiger partial charge is 0.481 e. The van der Waals surface area contributed by atoms with Crippen molar-refractivity contribution < 1.29 is 9.90 Å². The molecule has 20 heavy (non-hydrogen) atoms. The quantitative estimate of drug-likeness (QED) is 0.832. The van der Waals surface area contributed by atoms with Crippen LogP contribution in [0.4, 0.5) is 0 Å². The number of allylic oxidation sites excluding steroid dienone is 1. The third-order valence-corrected chi connectivity index (χ3v) is 3.90. The predicted molar refractivity (Wildman–Crippen MR) is 83.4 cm³/mol. The summed E-state index contributed by atoms with van der Waals surface area (Å²) in [6.07, 6.45) is 5.53. The molecule has 0 heterocycles. The number of hydrogen-bond acceptors (Lipinski definition) is 1. The molecule has 0 bridgehead atoms. The van der Waals surface area contributed by atoms with Crippen LogP contribution in [0.15, 0.2) is 54.6 Å². The Morgan fingerprint density at radius 2 is 1.75 bits per heavy atom. The first-order valence-electron chi connectivity index (χ1n) is 6.64. The Labute approximate surface area is 124 Å². The molecule has 2 aromatic rings. The highest BCUT2D eigenvalue weighted by Crippen LogP contribution is 2.34. The lowest BCUT2D eigenvalue weighted by molar-refractivity contribution is -0.140. The number of hydrogen-bond donors (Lipinski definition) is 1. The van der Waals surface area contributed by atoms with Crippen LogP contribution in [-0.2, 0) is 4.79 Å². The summed E-state index contributed by atoms with van der Waals surface area (Å²) in [6, 6.07) is 14.7. The molecule has 0 radical (unpaired) electrons. The first-order valence-corrected chi connectivity index (χ1v) is 6.64. The zero-order valence-corrected chi connectivity index (χ0v) is 11.8. The maximum atomic E-state index is 11.0. The van der Waals surface area contributed by atoms with Gasteiger partial charge in [-0.05, 0) is 29.2 Å². The normalized spacial score (nSPS) is 21.4. The molecule has 0 spiro atoms. The van der Waals surface area contributed by atoms with Crippen LogP contribution in [0.5, 0.6) is 0 Å². The predicted octanol–water partition coefficient (Wildman–Crippen LogP) is 4.40. The van der Waals surface area contributed by atoms with Gasteiger partial charge in [0.15, 0.2) is 0 Å². The molecule has 2 nitrogen and oxygen atoms in total. The van der Waals surface area contributed by atoms with Crippen LogP contribution < -0.4 is 0 Å². The van der Waals surface area contributed by atoms with Gasteiger partial charge in [-0.15, -0.1) is 12.4 Å². The number of aliphatic carboxylic acids is 1. The average molecular weight is 289 g/mol. The standard InChI is InChI=1S/C17H16O2.ClH/c18-17(19)14-10-8-13(9-11-14)16-7-3-5-12-4-1-2-6-15(12)16;/h1-8,10,13-14H,9,11H2,(H,18,19);1H. The Kier molecular flexibility index (Phi) is 4.46. The van der Waals surface area contributed by atoms with E-state index < -0.39 is 5.97 Å². The van der Waals surface area contributed by atoms with Crippen molar-refractivity contribution in [1.82, 2.24) is 0 Å². The Hall–Kier alpha value is -1.80. The molecule has 104 valence electrons. The van der Waals surface area contributed by atoms with Gasteiger partial charge in [0.2, 0.25) is 0 Å². The molecule has 0 fully saturated rings. The van der Waals surface area contributed by atoms with Gasteiger partial charge in [-0.2, -0.15) is 0 Å². The summed E-state index contributed by atoms with van der Waals surface area (Å²) >= 11 is 0. The second-order valence-corrected chi connectivity index (χ2v) is 5.08. The summed E-state index contributed by atoms with van der Waals surface area (Å²) in [6.45, 7) is 0. The summed E-state index contributed by atoms with van der Waals surface area (Å²) in [4.78, 5) is 11.0. The van der Waals surface area contributed by atoms with E-state index in [1.54, 1.807) is 0 Å². The molecule has 2 aromatic carbocycles. The Bertz CT molecular complexity index is 643. The fourth-order valence-electron chi connectivity index (χ4n) is 2.86. The molecule has 0 saturated carbocycles. The van der Waals surface area contributed by atoms with Gasteiger partial charge in [0.1, 0.15) is 0 Å². The number of halogens is 1. The maximum absolute atomic E-state index is 11.0. The van der Waals surface area contributed by atoms with Crippen molar-refractivity contribution in [2.24, 2.45) is 5.92 Å². The van der Waals surface area contributed by atoms with E-state index in [0.717, 1.165) is 12.8 Å². The molecule has 1 N–H and O–H groups in total. The van der Waals surface area contributed by atoms with Crippen molar-refractivity contribution in [2.45, 2.75) is 18.8 Å². The van der Waals surface area contributed by atoms with Gasteiger partial charge in [0.25, 0.3) is 0 Å². The minimum atomic E-state index is -0.715. The first kappa shape index (κ1) is 14.6. The van der Waals surface area contributed by atoms with Crippen molar-refractivity contribution in [3.05, 3.63) is 60.2 Å². The van der Waals surface area contributed by atoms with E-state index in [2.05, 4.69) is 42.5 Å². The van der Waals surface area contributed by atoms with Gasteiger partial charge in [-0.3, -0.25) is 4.79 Å². The number of benzene rings is 2. The molecule has 1 aliphatic rings. The average Bonchev–Trinajstić information content (AvgIpc) is 2.47. The zero-order valence-electron chi connectivity index (χ0n) is 11.0. The van der Waals surface area contributed by atoms with Gasteiger partial charge >= 0.3 is 5.97 Å². The van der Waals surface area contributed by atoms with Crippen molar-refractivity contribution in [3.63, 3.8) is 0 Å². The van der Waals surface area contributed by atoms with E-state index in [9.17, 15) is 4.79 Å². The third-order valence-electron chi connectivity index (χ3n) is 3.90. The molecule has 0 aromatic heterocycles. The fraction of sp³-hybridized carbons (Fsp3) is 0.235. The van der Waals surface area contributed by atoms with Crippen LogP contribution in [0.25, 0.3) is 10.8 Å². The molecule has 0 aliphatic heterocycles. The van der Waals surface area contributed by atoms with Crippen molar-refractivity contribution in [1.29, 1.82) is 0 Å². The smallest absolute Gasteiger partial charge is 0.310 e. The number of carbonyl (C=O) groups is 1. The highest BCUT2D eigenvalue weighted by Gasteiger charge is 2.22. The monoisotopic (exact) mass is 288 g/mol. The second kappa shape index (κ2) is 6.10. The topological polar surface area (TPSA) is 37.3 Å². The van der Waals surface area contributed by atoms with E-state index in [1.165, 1.54) is 16.3 Å². The lowest BCUT2D eigenvalue weighted by Gasteiger charge is -2.22. The molecule has 1 aliphatic carbocycles. The molecule has 2 unspecified atom stereocenters. The number of carboxylic acids is 1. The SMILES string of the molecule is Cl.O=C(O)C1C=CC(c2cccc3ccccc23)CC1. The summed E-state index contributed by atoms with van der Waals surface area (Å²) in [5.74, 6) is -0.694. The van der Waals surface area contributed by atoms with E-state index >= 15 is 0 Å². The second-order valence-electron chi connectivity index (χ2n) is 5.08. The van der Waals surface area contributed by atoms with E-state index in [-0.39, 0.29) is 18.3 Å².